The highest BCUT2D eigenvalue weighted by Gasteiger charge is 2.04. The van der Waals surface area contributed by atoms with E-state index in [4.69, 9.17) is 16.7 Å². The fourth-order valence-electron chi connectivity index (χ4n) is 1.07. The van der Waals surface area contributed by atoms with E-state index in [0.29, 0.717) is 11.4 Å². The summed E-state index contributed by atoms with van der Waals surface area (Å²) in [5, 5.41) is 11.1. The second-order valence-corrected chi connectivity index (χ2v) is 3.08. The standard InChI is InChI=1S/C10H12ClNO2/c11-7-8-2-1-3-9(6-8)10(14)12-4-5-13/h1-3,6,13H,4-5,7H2,(H,12,14). The van der Waals surface area contributed by atoms with Crippen molar-refractivity contribution in [1.82, 2.24) is 5.32 Å². The Morgan fingerprint density at radius 3 is 2.93 bits per heavy atom. The number of hydrogen-bond acceptors (Lipinski definition) is 2. The van der Waals surface area contributed by atoms with Crippen LogP contribution < -0.4 is 5.32 Å². The molecule has 0 fully saturated rings. The molecule has 1 aromatic rings. The summed E-state index contributed by atoms with van der Waals surface area (Å²) in [4.78, 5) is 11.4. The fraction of sp³-hybridized carbons (Fsp3) is 0.300. The Bertz CT molecular complexity index is 315. The van der Waals surface area contributed by atoms with Crippen LogP contribution in [0.15, 0.2) is 24.3 Å². The minimum atomic E-state index is -0.189. The van der Waals surface area contributed by atoms with Gasteiger partial charge in [-0.05, 0) is 17.7 Å². The van der Waals surface area contributed by atoms with Crippen molar-refractivity contribution in [2.24, 2.45) is 0 Å². The molecule has 3 nitrogen and oxygen atoms in total. The van der Waals surface area contributed by atoms with Gasteiger partial charge in [-0.1, -0.05) is 12.1 Å². The molecule has 2 N–H and O–H groups in total. The summed E-state index contributed by atoms with van der Waals surface area (Å²) in [6.45, 7) is 0.213. The summed E-state index contributed by atoms with van der Waals surface area (Å²) in [6, 6.07) is 7.09. The van der Waals surface area contributed by atoms with E-state index in [1.54, 1.807) is 18.2 Å². The summed E-state index contributed by atoms with van der Waals surface area (Å²) >= 11 is 5.64. The highest BCUT2D eigenvalue weighted by molar-refractivity contribution is 6.17. The Labute approximate surface area is 87.7 Å². The molecule has 76 valence electrons. The molecule has 14 heavy (non-hydrogen) atoms. The normalized spacial score (nSPS) is 9.86. The lowest BCUT2D eigenvalue weighted by molar-refractivity contribution is 0.0944. The molecular weight excluding hydrogens is 202 g/mol. The van der Waals surface area contributed by atoms with E-state index >= 15 is 0 Å². The molecular formula is C10H12ClNO2. The van der Waals surface area contributed by atoms with E-state index in [-0.39, 0.29) is 19.1 Å². The maximum atomic E-state index is 11.4. The van der Waals surface area contributed by atoms with Gasteiger partial charge in [-0.15, -0.1) is 11.6 Å². The number of hydrogen-bond donors (Lipinski definition) is 2. The van der Waals surface area contributed by atoms with E-state index in [9.17, 15) is 4.79 Å². The third-order valence-corrected chi connectivity index (χ3v) is 2.05. The van der Waals surface area contributed by atoms with Gasteiger partial charge in [-0.3, -0.25) is 4.79 Å². The van der Waals surface area contributed by atoms with Gasteiger partial charge in [0.2, 0.25) is 0 Å². The maximum absolute atomic E-state index is 11.4. The molecule has 0 heterocycles. The van der Waals surface area contributed by atoms with Gasteiger partial charge in [-0.25, -0.2) is 0 Å². The predicted molar refractivity (Wildman–Crippen MR) is 55.4 cm³/mol. The van der Waals surface area contributed by atoms with Crippen LogP contribution in [0.5, 0.6) is 0 Å². The topological polar surface area (TPSA) is 49.3 Å². The smallest absolute Gasteiger partial charge is 0.251 e. The van der Waals surface area contributed by atoms with Crippen molar-refractivity contribution in [3.63, 3.8) is 0 Å². The van der Waals surface area contributed by atoms with Gasteiger partial charge in [0, 0.05) is 18.0 Å². The zero-order chi connectivity index (χ0) is 10.4. The SMILES string of the molecule is O=C(NCCO)c1cccc(CCl)c1. The Hall–Kier alpha value is -1.06. The lowest BCUT2D eigenvalue weighted by Crippen LogP contribution is -2.26. The predicted octanol–water partition coefficient (Wildman–Crippen LogP) is 1.15. The van der Waals surface area contributed by atoms with Gasteiger partial charge in [0.05, 0.1) is 6.61 Å². The molecule has 0 unspecified atom stereocenters. The first-order valence-corrected chi connectivity index (χ1v) is 4.85. The number of nitrogens with one attached hydrogen (secondary N) is 1. The van der Waals surface area contributed by atoms with Gasteiger partial charge in [0.25, 0.3) is 5.91 Å². The average Bonchev–Trinajstić information content (AvgIpc) is 2.26. The highest BCUT2D eigenvalue weighted by Crippen LogP contribution is 2.07. The van der Waals surface area contributed by atoms with Crippen molar-refractivity contribution in [3.05, 3.63) is 35.4 Å². The van der Waals surface area contributed by atoms with E-state index in [0.717, 1.165) is 5.56 Å². The third kappa shape index (κ3) is 3.01. The van der Waals surface area contributed by atoms with E-state index in [1.807, 2.05) is 6.07 Å². The summed E-state index contributed by atoms with van der Waals surface area (Å²) in [6.07, 6.45) is 0. The van der Waals surface area contributed by atoms with Crippen LogP contribution in [-0.2, 0) is 5.88 Å². The second kappa shape index (κ2) is 5.62. The molecule has 1 rings (SSSR count). The van der Waals surface area contributed by atoms with Crippen LogP contribution in [0.2, 0.25) is 0 Å². The lowest BCUT2D eigenvalue weighted by Gasteiger charge is -2.03. The first-order chi connectivity index (χ1) is 6.77. The molecule has 0 aromatic heterocycles. The Balaban J connectivity index is 2.69. The number of amides is 1. The molecule has 0 aliphatic heterocycles. The van der Waals surface area contributed by atoms with Crippen molar-refractivity contribution in [3.8, 4) is 0 Å². The number of carbonyl (C=O) groups is 1. The molecule has 1 aromatic carbocycles. The quantitative estimate of drug-likeness (QED) is 0.738. The summed E-state index contributed by atoms with van der Waals surface area (Å²) in [7, 11) is 0. The largest absolute Gasteiger partial charge is 0.395 e. The third-order valence-electron chi connectivity index (χ3n) is 1.74. The number of aliphatic hydroxyl groups is 1. The monoisotopic (exact) mass is 213 g/mol. The first kappa shape index (κ1) is 11.0. The number of alkyl halides is 1. The van der Waals surface area contributed by atoms with Crippen LogP contribution in [0.4, 0.5) is 0 Å². The maximum Gasteiger partial charge on any atom is 0.251 e. The van der Waals surface area contributed by atoms with Crippen LogP contribution >= 0.6 is 11.6 Å². The molecule has 0 aliphatic rings. The van der Waals surface area contributed by atoms with Gasteiger partial charge in [0.15, 0.2) is 0 Å². The van der Waals surface area contributed by atoms with Crippen molar-refractivity contribution < 1.29 is 9.90 Å². The van der Waals surface area contributed by atoms with Crippen LogP contribution in [0, 0.1) is 0 Å². The van der Waals surface area contributed by atoms with E-state index < -0.39 is 0 Å². The molecule has 4 heteroatoms. The van der Waals surface area contributed by atoms with Gasteiger partial charge >= 0.3 is 0 Å². The highest BCUT2D eigenvalue weighted by atomic mass is 35.5. The van der Waals surface area contributed by atoms with E-state index in [2.05, 4.69) is 5.32 Å². The average molecular weight is 214 g/mol. The summed E-state index contributed by atoms with van der Waals surface area (Å²) in [5.74, 6) is 0.201. The Kier molecular flexibility index (Phi) is 4.43. The summed E-state index contributed by atoms with van der Waals surface area (Å²) in [5.41, 5.74) is 1.47. The van der Waals surface area contributed by atoms with Gasteiger partial charge in [0.1, 0.15) is 0 Å². The fourth-order valence-corrected chi connectivity index (χ4v) is 1.23. The lowest BCUT2D eigenvalue weighted by atomic mass is 10.1. The molecule has 0 radical (unpaired) electrons. The molecule has 0 saturated heterocycles. The van der Waals surface area contributed by atoms with Crippen LogP contribution in [0.1, 0.15) is 15.9 Å². The minimum absolute atomic E-state index is 0.0546. The number of carbonyl (C=O) groups excluding carboxylic acids is 1. The molecule has 0 aliphatic carbocycles. The second-order valence-electron chi connectivity index (χ2n) is 2.81. The molecule has 0 saturated carbocycles. The minimum Gasteiger partial charge on any atom is -0.395 e. The van der Waals surface area contributed by atoms with Crippen LogP contribution in [0.3, 0.4) is 0 Å². The number of rotatable bonds is 4. The zero-order valence-electron chi connectivity index (χ0n) is 7.66. The van der Waals surface area contributed by atoms with Crippen molar-refractivity contribution >= 4 is 17.5 Å². The molecule has 0 atom stereocenters. The van der Waals surface area contributed by atoms with Crippen LogP contribution in [0.25, 0.3) is 0 Å². The van der Waals surface area contributed by atoms with Gasteiger partial charge < -0.3 is 10.4 Å². The molecule has 0 spiro atoms. The number of aliphatic hydroxyl groups excluding tert-OH is 1. The Morgan fingerprint density at radius 2 is 2.29 bits per heavy atom. The first-order valence-electron chi connectivity index (χ1n) is 4.32. The summed E-state index contributed by atoms with van der Waals surface area (Å²) < 4.78 is 0. The van der Waals surface area contributed by atoms with Crippen LogP contribution in [-0.4, -0.2) is 24.2 Å². The Morgan fingerprint density at radius 1 is 1.50 bits per heavy atom. The molecule has 0 bridgehead atoms. The van der Waals surface area contributed by atoms with Gasteiger partial charge in [-0.2, -0.15) is 0 Å². The molecule has 1 amide bonds. The zero-order valence-corrected chi connectivity index (χ0v) is 8.42. The van der Waals surface area contributed by atoms with Crippen molar-refractivity contribution in [2.45, 2.75) is 5.88 Å². The van der Waals surface area contributed by atoms with E-state index in [1.165, 1.54) is 0 Å². The van der Waals surface area contributed by atoms with Crippen molar-refractivity contribution in [2.75, 3.05) is 13.2 Å². The van der Waals surface area contributed by atoms with Crippen molar-refractivity contribution in [1.29, 1.82) is 0 Å². The number of benzene rings is 1. The number of halogens is 1.